The molecule has 0 amide bonds. The summed E-state index contributed by atoms with van der Waals surface area (Å²) in [4.78, 5) is 2.08. The first-order valence-electron chi connectivity index (χ1n) is 7.52. The van der Waals surface area contributed by atoms with Crippen molar-refractivity contribution >= 4 is 0 Å². The Labute approximate surface area is 133 Å². The second kappa shape index (κ2) is 7.08. The summed E-state index contributed by atoms with van der Waals surface area (Å²) in [7, 11) is 0. The zero-order valence-electron chi connectivity index (χ0n) is 12.7. The van der Waals surface area contributed by atoms with Gasteiger partial charge in [0.1, 0.15) is 23.8 Å². The molecule has 124 valence electrons. The monoisotopic (exact) mass is 321 g/mol. The average molecular weight is 321 g/mol. The van der Waals surface area contributed by atoms with Gasteiger partial charge in [0.25, 0.3) is 0 Å². The number of aliphatic hydroxyl groups is 1. The smallest absolute Gasteiger partial charge is 0.134 e. The lowest BCUT2D eigenvalue weighted by Crippen LogP contribution is -2.48. The third-order valence-electron chi connectivity index (χ3n) is 3.70. The minimum absolute atomic E-state index is 0.0376. The summed E-state index contributed by atoms with van der Waals surface area (Å²) < 4.78 is 24.2. The molecule has 7 heteroatoms. The molecule has 1 aliphatic heterocycles. The fourth-order valence-electron chi connectivity index (χ4n) is 2.61. The Morgan fingerprint density at radius 2 is 2.35 bits per heavy atom. The molecule has 0 aliphatic carbocycles. The molecule has 1 aromatic heterocycles. The number of nitrogens with one attached hydrogen (secondary N) is 1. The van der Waals surface area contributed by atoms with Crippen LogP contribution in [0.4, 0.5) is 4.39 Å². The number of aromatic nitrogens is 2. The Morgan fingerprint density at radius 1 is 1.43 bits per heavy atom. The van der Waals surface area contributed by atoms with Crippen molar-refractivity contribution in [2.75, 3.05) is 32.9 Å². The quantitative estimate of drug-likeness (QED) is 0.866. The molecule has 1 atom stereocenters. The van der Waals surface area contributed by atoms with Gasteiger partial charge in [-0.15, -0.1) is 0 Å². The Morgan fingerprint density at radius 3 is 3.13 bits per heavy atom. The van der Waals surface area contributed by atoms with E-state index in [0.717, 1.165) is 5.69 Å². The first-order chi connectivity index (χ1) is 11.1. The van der Waals surface area contributed by atoms with E-state index in [1.165, 1.54) is 12.1 Å². The molecule has 2 heterocycles. The third-order valence-corrected chi connectivity index (χ3v) is 3.70. The van der Waals surface area contributed by atoms with Gasteiger partial charge >= 0.3 is 0 Å². The Hall–Kier alpha value is -1.96. The Balaban J connectivity index is 1.61. The lowest BCUT2D eigenvalue weighted by atomic mass is 10.1. The van der Waals surface area contributed by atoms with Gasteiger partial charge in [-0.25, -0.2) is 4.39 Å². The van der Waals surface area contributed by atoms with E-state index >= 15 is 0 Å². The van der Waals surface area contributed by atoms with Gasteiger partial charge in [-0.1, -0.05) is 6.07 Å². The zero-order chi connectivity index (χ0) is 16.1. The molecular weight excluding hydrogens is 301 g/mol. The lowest BCUT2D eigenvalue weighted by molar-refractivity contribution is -0.0647. The first kappa shape index (κ1) is 15.9. The normalized spacial score (nSPS) is 22.7. The molecule has 6 nitrogen and oxygen atoms in total. The van der Waals surface area contributed by atoms with Crippen LogP contribution >= 0.6 is 0 Å². The summed E-state index contributed by atoms with van der Waals surface area (Å²) >= 11 is 0. The predicted octanol–water partition coefficient (Wildman–Crippen LogP) is 1.19. The fourth-order valence-corrected chi connectivity index (χ4v) is 2.61. The van der Waals surface area contributed by atoms with Crippen LogP contribution < -0.4 is 4.74 Å². The molecule has 1 aromatic carbocycles. The van der Waals surface area contributed by atoms with Crippen LogP contribution in [0.3, 0.4) is 0 Å². The average Bonchev–Trinajstić information content (AvgIpc) is 2.95. The maximum Gasteiger partial charge on any atom is 0.134 e. The van der Waals surface area contributed by atoms with Gasteiger partial charge in [-0.3, -0.25) is 10.00 Å². The van der Waals surface area contributed by atoms with Crippen LogP contribution in [0.15, 0.2) is 36.5 Å². The maximum absolute atomic E-state index is 13.2. The van der Waals surface area contributed by atoms with Crippen molar-refractivity contribution in [1.82, 2.24) is 15.1 Å². The minimum atomic E-state index is -1.15. The molecule has 0 bridgehead atoms. The standard InChI is InChI=1S/C16H20FN3O3/c17-13-2-1-3-15(8-13)23-12-16(21)10-20(6-7-22-11-16)9-14-4-5-18-19-14/h1-5,8,21H,6-7,9-12H2,(H,18,19)/t16-/m1/s1. The van der Waals surface area contributed by atoms with Crippen molar-refractivity contribution in [2.45, 2.75) is 12.1 Å². The van der Waals surface area contributed by atoms with Crippen LogP contribution in [0.1, 0.15) is 5.69 Å². The zero-order valence-corrected chi connectivity index (χ0v) is 12.7. The van der Waals surface area contributed by atoms with Crippen LogP contribution in [0.25, 0.3) is 0 Å². The highest BCUT2D eigenvalue weighted by molar-refractivity contribution is 5.22. The minimum Gasteiger partial charge on any atom is -0.490 e. The van der Waals surface area contributed by atoms with Gasteiger partial charge in [0.05, 0.1) is 13.2 Å². The molecule has 23 heavy (non-hydrogen) atoms. The van der Waals surface area contributed by atoms with Crippen LogP contribution in [-0.4, -0.2) is 58.7 Å². The molecular formula is C16H20FN3O3. The van der Waals surface area contributed by atoms with Crippen LogP contribution in [0.5, 0.6) is 5.75 Å². The van der Waals surface area contributed by atoms with E-state index in [4.69, 9.17) is 9.47 Å². The molecule has 0 spiro atoms. The molecule has 2 N–H and O–H groups in total. The second-order valence-electron chi connectivity index (χ2n) is 5.82. The van der Waals surface area contributed by atoms with Crippen molar-refractivity contribution in [3.05, 3.63) is 48.0 Å². The van der Waals surface area contributed by atoms with E-state index < -0.39 is 5.60 Å². The highest BCUT2D eigenvalue weighted by atomic mass is 19.1. The summed E-state index contributed by atoms with van der Waals surface area (Å²) in [5.41, 5.74) is -0.177. The summed E-state index contributed by atoms with van der Waals surface area (Å²) in [6, 6.07) is 7.77. The molecule has 0 saturated carbocycles. The highest BCUT2D eigenvalue weighted by Gasteiger charge is 2.33. The third kappa shape index (κ3) is 4.51. The summed E-state index contributed by atoms with van der Waals surface area (Å²) in [5, 5.41) is 17.6. The fraction of sp³-hybridized carbons (Fsp3) is 0.438. The summed E-state index contributed by atoms with van der Waals surface area (Å²) in [6.07, 6.45) is 1.70. The molecule has 0 unspecified atom stereocenters. The van der Waals surface area contributed by atoms with E-state index in [1.54, 1.807) is 18.3 Å². The second-order valence-corrected chi connectivity index (χ2v) is 5.82. The topological polar surface area (TPSA) is 70.6 Å². The molecule has 2 aromatic rings. The first-order valence-corrected chi connectivity index (χ1v) is 7.52. The number of halogens is 1. The molecule has 3 rings (SSSR count). The number of nitrogens with zero attached hydrogens (tertiary/aromatic N) is 2. The van der Waals surface area contributed by atoms with E-state index in [0.29, 0.717) is 32.0 Å². The summed E-state index contributed by atoms with van der Waals surface area (Å²) in [5.74, 6) is 0.0234. The number of hydrogen-bond acceptors (Lipinski definition) is 5. The van der Waals surface area contributed by atoms with Crippen molar-refractivity contribution in [3.63, 3.8) is 0 Å². The molecule has 1 fully saturated rings. The number of aromatic amines is 1. The van der Waals surface area contributed by atoms with Gasteiger partial charge in [-0.2, -0.15) is 5.10 Å². The molecule has 1 saturated heterocycles. The van der Waals surface area contributed by atoms with E-state index in [1.807, 2.05) is 6.07 Å². The van der Waals surface area contributed by atoms with Crippen molar-refractivity contribution in [1.29, 1.82) is 0 Å². The number of ether oxygens (including phenoxy) is 2. The Bertz CT molecular complexity index is 623. The van der Waals surface area contributed by atoms with Crippen LogP contribution in [0.2, 0.25) is 0 Å². The molecule has 0 radical (unpaired) electrons. The number of rotatable bonds is 5. The number of benzene rings is 1. The van der Waals surface area contributed by atoms with Crippen LogP contribution in [-0.2, 0) is 11.3 Å². The van der Waals surface area contributed by atoms with Crippen LogP contribution in [0, 0.1) is 5.82 Å². The van der Waals surface area contributed by atoms with E-state index in [-0.39, 0.29) is 19.0 Å². The van der Waals surface area contributed by atoms with Crippen molar-refractivity contribution < 1.29 is 19.0 Å². The maximum atomic E-state index is 13.2. The highest BCUT2D eigenvalue weighted by Crippen LogP contribution is 2.18. The SMILES string of the molecule is O[C@@]1(COc2cccc(F)c2)COCCN(Cc2ccn[nH]2)C1. The van der Waals surface area contributed by atoms with Crippen molar-refractivity contribution in [3.8, 4) is 5.75 Å². The largest absolute Gasteiger partial charge is 0.490 e. The molecule has 1 aliphatic rings. The van der Waals surface area contributed by atoms with Gasteiger partial charge in [-0.05, 0) is 18.2 Å². The van der Waals surface area contributed by atoms with E-state index in [9.17, 15) is 9.50 Å². The Kier molecular flexibility index (Phi) is 4.90. The van der Waals surface area contributed by atoms with Gasteiger partial charge < -0.3 is 14.6 Å². The van der Waals surface area contributed by atoms with E-state index in [2.05, 4.69) is 15.1 Å². The number of β-amino-alcohol motifs (C(OH)–C–C–N with tert-alkyl or cyclic N) is 1. The number of H-pyrrole nitrogens is 1. The van der Waals surface area contributed by atoms with Gasteiger partial charge in [0.15, 0.2) is 0 Å². The van der Waals surface area contributed by atoms with Gasteiger partial charge in [0, 0.05) is 37.6 Å². The summed E-state index contributed by atoms with van der Waals surface area (Å²) in [6.45, 7) is 2.52. The number of hydrogen-bond donors (Lipinski definition) is 2. The predicted molar refractivity (Wildman–Crippen MR) is 81.5 cm³/mol. The van der Waals surface area contributed by atoms with Gasteiger partial charge in [0.2, 0.25) is 0 Å². The van der Waals surface area contributed by atoms with Crippen molar-refractivity contribution in [2.24, 2.45) is 0 Å². The lowest BCUT2D eigenvalue weighted by Gasteiger charge is -2.30.